The Labute approximate surface area is 132 Å². The lowest BCUT2D eigenvalue weighted by Gasteiger charge is -2.28. The number of rotatable bonds is 8. The van der Waals surface area contributed by atoms with Gasteiger partial charge in [0.1, 0.15) is 0 Å². The highest BCUT2D eigenvalue weighted by Gasteiger charge is 2.29. The number of carboxylic acids is 1. The van der Waals surface area contributed by atoms with Crippen molar-refractivity contribution in [2.45, 2.75) is 31.7 Å². The molecule has 0 fully saturated rings. The molecule has 1 aromatic carbocycles. The Morgan fingerprint density at radius 3 is 2.62 bits per heavy atom. The normalized spacial score (nSPS) is 13.5. The van der Waals surface area contributed by atoms with Crippen LogP contribution in [0.2, 0.25) is 0 Å². The third-order valence-electron chi connectivity index (χ3n) is 3.02. The van der Waals surface area contributed by atoms with Gasteiger partial charge in [-0.1, -0.05) is 34.1 Å². The van der Waals surface area contributed by atoms with E-state index in [1.807, 2.05) is 24.3 Å². The molecule has 0 spiro atoms. The van der Waals surface area contributed by atoms with Gasteiger partial charge in [0.25, 0.3) is 0 Å². The standard InChI is InChI=1S/C15H20BrNO4/c1-15(10-21-2,9-14(19)20)17-13(18)8-7-11-5-3-4-6-12(11)16/h3-6H,7-10H2,1-2H3,(H,17,18)(H,19,20). The molecule has 5 nitrogen and oxygen atoms in total. The molecule has 21 heavy (non-hydrogen) atoms. The molecule has 116 valence electrons. The van der Waals surface area contributed by atoms with Gasteiger partial charge in [-0.25, -0.2) is 0 Å². The second kappa shape index (κ2) is 8.14. The number of methoxy groups -OCH3 is 1. The molecule has 2 N–H and O–H groups in total. The van der Waals surface area contributed by atoms with Crippen LogP contribution < -0.4 is 5.32 Å². The SMILES string of the molecule is COCC(C)(CC(=O)O)NC(=O)CCc1ccccc1Br. The third kappa shape index (κ3) is 6.27. The first-order valence-corrected chi connectivity index (χ1v) is 7.41. The number of hydrogen-bond acceptors (Lipinski definition) is 3. The van der Waals surface area contributed by atoms with Crippen LogP contribution in [0.5, 0.6) is 0 Å². The number of benzene rings is 1. The maximum atomic E-state index is 12.0. The summed E-state index contributed by atoms with van der Waals surface area (Å²) in [6.07, 6.45) is 0.701. The van der Waals surface area contributed by atoms with Crippen LogP contribution in [0.15, 0.2) is 28.7 Å². The van der Waals surface area contributed by atoms with Crippen LogP contribution in [-0.2, 0) is 20.7 Å². The zero-order chi connectivity index (χ0) is 15.9. The Morgan fingerprint density at radius 1 is 1.38 bits per heavy atom. The topological polar surface area (TPSA) is 75.6 Å². The van der Waals surface area contributed by atoms with E-state index >= 15 is 0 Å². The Bertz CT molecular complexity index is 506. The monoisotopic (exact) mass is 357 g/mol. The lowest BCUT2D eigenvalue weighted by atomic mass is 9.98. The first-order valence-electron chi connectivity index (χ1n) is 6.61. The first-order chi connectivity index (χ1) is 9.86. The Hall–Kier alpha value is -1.40. The maximum Gasteiger partial charge on any atom is 0.305 e. The van der Waals surface area contributed by atoms with E-state index in [1.165, 1.54) is 7.11 Å². The predicted molar refractivity (Wildman–Crippen MR) is 83.1 cm³/mol. The highest BCUT2D eigenvalue weighted by atomic mass is 79.9. The van der Waals surface area contributed by atoms with Crippen molar-refractivity contribution in [2.75, 3.05) is 13.7 Å². The van der Waals surface area contributed by atoms with Gasteiger partial charge < -0.3 is 15.2 Å². The van der Waals surface area contributed by atoms with Crippen molar-refractivity contribution in [3.05, 3.63) is 34.3 Å². The molecule has 0 aliphatic heterocycles. The molecule has 1 amide bonds. The van der Waals surface area contributed by atoms with E-state index < -0.39 is 11.5 Å². The summed E-state index contributed by atoms with van der Waals surface area (Å²) < 4.78 is 5.97. The zero-order valence-corrected chi connectivity index (χ0v) is 13.8. The largest absolute Gasteiger partial charge is 0.481 e. The van der Waals surface area contributed by atoms with Gasteiger partial charge in [-0.3, -0.25) is 9.59 Å². The van der Waals surface area contributed by atoms with Crippen molar-refractivity contribution < 1.29 is 19.4 Å². The molecule has 0 aromatic heterocycles. The summed E-state index contributed by atoms with van der Waals surface area (Å²) in [5, 5.41) is 11.7. The molecular formula is C15H20BrNO4. The van der Waals surface area contributed by atoms with E-state index in [-0.39, 0.29) is 18.9 Å². The first kappa shape index (κ1) is 17.7. The van der Waals surface area contributed by atoms with E-state index in [1.54, 1.807) is 6.92 Å². The number of aryl methyl sites for hydroxylation is 1. The molecule has 0 radical (unpaired) electrons. The molecule has 0 aliphatic rings. The summed E-state index contributed by atoms with van der Waals surface area (Å²) in [5.41, 5.74) is 0.144. The van der Waals surface area contributed by atoms with Gasteiger partial charge in [0.15, 0.2) is 0 Å². The Morgan fingerprint density at radius 2 is 2.05 bits per heavy atom. The second-order valence-corrected chi connectivity index (χ2v) is 6.06. The summed E-state index contributed by atoms with van der Waals surface area (Å²) in [6, 6.07) is 7.70. The van der Waals surface area contributed by atoms with Gasteiger partial charge >= 0.3 is 5.97 Å². The minimum Gasteiger partial charge on any atom is -0.481 e. The van der Waals surface area contributed by atoms with Crippen LogP contribution in [0, 0.1) is 0 Å². The third-order valence-corrected chi connectivity index (χ3v) is 3.80. The predicted octanol–water partition coefficient (Wildman–Crippen LogP) is 2.38. The van der Waals surface area contributed by atoms with Crippen molar-refractivity contribution in [1.82, 2.24) is 5.32 Å². The van der Waals surface area contributed by atoms with E-state index in [4.69, 9.17) is 9.84 Å². The van der Waals surface area contributed by atoms with E-state index in [9.17, 15) is 9.59 Å². The van der Waals surface area contributed by atoms with Gasteiger partial charge in [-0.15, -0.1) is 0 Å². The van der Waals surface area contributed by atoms with Crippen molar-refractivity contribution in [3.8, 4) is 0 Å². The fourth-order valence-corrected chi connectivity index (χ4v) is 2.62. The average Bonchev–Trinajstić information content (AvgIpc) is 2.36. The van der Waals surface area contributed by atoms with Gasteiger partial charge in [-0.05, 0) is 25.0 Å². The van der Waals surface area contributed by atoms with Gasteiger partial charge in [-0.2, -0.15) is 0 Å². The van der Waals surface area contributed by atoms with Crippen molar-refractivity contribution in [3.63, 3.8) is 0 Å². The molecule has 1 unspecified atom stereocenters. The van der Waals surface area contributed by atoms with E-state index in [2.05, 4.69) is 21.2 Å². The van der Waals surface area contributed by atoms with Gasteiger partial charge in [0.05, 0.1) is 18.6 Å². The minimum atomic E-state index is -0.972. The number of ether oxygens (including phenoxy) is 1. The van der Waals surface area contributed by atoms with Gasteiger partial charge in [0, 0.05) is 18.0 Å². The average molecular weight is 358 g/mol. The fourth-order valence-electron chi connectivity index (χ4n) is 2.13. The minimum absolute atomic E-state index is 0.153. The summed E-state index contributed by atoms with van der Waals surface area (Å²) >= 11 is 3.44. The zero-order valence-electron chi connectivity index (χ0n) is 12.2. The number of carbonyl (C=O) groups excluding carboxylic acids is 1. The highest BCUT2D eigenvalue weighted by Crippen LogP contribution is 2.18. The number of nitrogens with one attached hydrogen (secondary N) is 1. The molecule has 0 heterocycles. The Kier molecular flexibility index (Phi) is 6.84. The molecule has 1 atom stereocenters. The fraction of sp³-hybridized carbons (Fsp3) is 0.467. The maximum absolute atomic E-state index is 12.0. The van der Waals surface area contributed by atoms with Crippen LogP contribution in [-0.4, -0.2) is 36.2 Å². The van der Waals surface area contributed by atoms with Crippen molar-refractivity contribution in [1.29, 1.82) is 0 Å². The van der Waals surface area contributed by atoms with Crippen LogP contribution >= 0.6 is 15.9 Å². The van der Waals surface area contributed by atoms with Gasteiger partial charge in [0.2, 0.25) is 5.91 Å². The highest BCUT2D eigenvalue weighted by molar-refractivity contribution is 9.10. The van der Waals surface area contributed by atoms with Crippen LogP contribution in [0.3, 0.4) is 0 Å². The van der Waals surface area contributed by atoms with Crippen LogP contribution in [0.4, 0.5) is 0 Å². The summed E-state index contributed by atoms with van der Waals surface area (Å²) in [7, 11) is 1.48. The van der Waals surface area contributed by atoms with Crippen LogP contribution in [0.1, 0.15) is 25.3 Å². The summed E-state index contributed by atoms with van der Waals surface area (Å²) in [5.74, 6) is -1.16. The smallest absolute Gasteiger partial charge is 0.305 e. The van der Waals surface area contributed by atoms with Crippen LogP contribution in [0.25, 0.3) is 0 Å². The van der Waals surface area contributed by atoms with E-state index in [0.29, 0.717) is 12.8 Å². The van der Waals surface area contributed by atoms with Crippen molar-refractivity contribution in [2.24, 2.45) is 0 Å². The molecule has 1 aromatic rings. The van der Waals surface area contributed by atoms with Crippen molar-refractivity contribution >= 4 is 27.8 Å². The molecule has 0 saturated carbocycles. The van der Waals surface area contributed by atoms with E-state index in [0.717, 1.165) is 10.0 Å². The number of halogens is 1. The quantitative estimate of drug-likeness (QED) is 0.748. The molecule has 0 aliphatic carbocycles. The number of amides is 1. The lowest BCUT2D eigenvalue weighted by Crippen LogP contribution is -2.50. The Balaban J connectivity index is 2.58. The number of hydrogen-bond donors (Lipinski definition) is 2. The molecule has 6 heteroatoms. The summed E-state index contributed by atoms with van der Waals surface area (Å²) in [4.78, 5) is 22.9. The molecular weight excluding hydrogens is 338 g/mol. The number of carboxylic acid groups (broad SMARTS) is 1. The second-order valence-electron chi connectivity index (χ2n) is 5.20. The number of aliphatic carboxylic acids is 1. The molecule has 1 rings (SSSR count). The lowest BCUT2D eigenvalue weighted by molar-refractivity contribution is -0.139. The molecule has 0 bridgehead atoms. The number of carbonyl (C=O) groups is 2. The molecule has 0 saturated heterocycles. The summed E-state index contributed by atoms with van der Waals surface area (Å²) in [6.45, 7) is 1.82.